The van der Waals surface area contributed by atoms with Gasteiger partial charge in [0.15, 0.2) is 0 Å². The first kappa shape index (κ1) is 14.4. The molecule has 1 aliphatic rings. The highest BCUT2D eigenvalue weighted by molar-refractivity contribution is 5.72. The molecule has 6 nitrogen and oxygen atoms in total. The fourth-order valence-electron chi connectivity index (χ4n) is 2.84. The maximum Gasteiger partial charge on any atom is 0.331 e. The molecule has 0 fully saturated rings. The number of rotatable bonds is 3. The second kappa shape index (κ2) is 5.36. The standard InChI is InChI=1S/C16H18N2O4/c1-4-17-13-12-7-6-11(21-3)8-10(12)9-22-14(13)15(19)18(5-2)16(17)20/h6-8H,4-5,9H2,1-3H3. The molecular weight excluding hydrogens is 284 g/mol. The number of hydrogen-bond donors (Lipinski definition) is 0. The zero-order valence-electron chi connectivity index (χ0n) is 12.9. The lowest BCUT2D eigenvalue weighted by Gasteiger charge is -2.24. The number of benzene rings is 1. The Labute approximate surface area is 127 Å². The minimum atomic E-state index is -0.367. The van der Waals surface area contributed by atoms with E-state index in [0.29, 0.717) is 25.4 Å². The van der Waals surface area contributed by atoms with E-state index >= 15 is 0 Å². The molecule has 0 saturated carbocycles. The van der Waals surface area contributed by atoms with E-state index in [1.165, 1.54) is 4.57 Å². The maximum atomic E-state index is 12.5. The molecular formula is C16H18N2O4. The van der Waals surface area contributed by atoms with Crippen LogP contribution in [0.4, 0.5) is 0 Å². The maximum absolute atomic E-state index is 12.5. The highest BCUT2D eigenvalue weighted by Gasteiger charge is 2.26. The Morgan fingerprint density at radius 2 is 1.91 bits per heavy atom. The van der Waals surface area contributed by atoms with Crippen LogP contribution in [0.15, 0.2) is 27.8 Å². The van der Waals surface area contributed by atoms with Gasteiger partial charge in [0.2, 0.25) is 5.75 Å². The summed E-state index contributed by atoms with van der Waals surface area (Å²) in [6, 6.07) is 5.56. The van der Waals surface area contributed by atoms with E-state index < -0.39 is 0 Å². The van der Waals surface area contributed by atoms with Gasteiger partial charge in [-0.2, -0.15) is 0 Å². The van der Waals surface area contributed by atoms with Crippen molar-refractivity contribution in [2.75, 3.05) is 7.11 Å². The Morgan fingerprint density at radius 1 is 1.18 bits per heavy atom. The van der Waals surface area contributed by atoms with Gasteiger partial charge in [0.1, 0.15) is 18.1 Å². The average Bonchev–Trinajstić information content (AvgIpc) is 2.54. The Kier molecular flexibility index (Phi) is 3.52. The van der Waals surface area contributed by atoms with Gasteiger partial charge in [-0.05, 0) is 32.0 Å². The average molecular weight is 302 g/mol. The van der Waals surface area contributed by atoms with E-state index in [2.05, 4.69) is 0 Å². The second-order valence-electron chi connectivity index (χ2n) is 5.07. The molecule has 0 radical (unpaired) electrons. The molecule has 0 amide bonds. The molecule has 0 unspecified atom stereocenters. The van der Waals surface area contributed by atoms with Crippen molar-refractivity contribution in [2.24, 2.45) is 0 Å². The molecule has 1 aromatic heterocycles. The molecule has 0 aliphatic carbocycles. The van der Waals surface area contributed by atoms with Gasteiger partial charge in [0.25, 0.3) is 5.56 Å². The number of aromatic nitrogens is 2. The van der Waals surface area contributed by atoms with E-state index in [4.69, 9.17) is 9.47 Å². The molecule has 22 heavy (non-hydrogen) atoms. The van der Waals surface area contributed by atoms with Crippen LogP contribution >= 0.6 is 0 Å². The van der Waals surface area contributed by atoms with Crippen LogP contribution in [0.3, 0.4) is 0 Å². The monoisotopic (exact) mass is 302 g/mol. The summed E-state index contributed by atoms with van der Waals surface area (Å²) in [6.07, 6.45) is 0. The quantitative estimate of drug-likeness (QED) is 0.864. The summed E-state index contributed by atoms with van der Waals surface area (Å²) in [5, 5.41) is 0. The molecule has 1 aromatic carbocycles. The predicted molar refractivity (Wildman–Crippen MR) is 82.6 cm³/mol. The van der Waals surface area contributed by atoms with E-state index in [9.17, 15) is 9.59 Å². The molecule has 0 spiro atoms. The molecule has 1 aliphatic heterocycles. The van der Waals surface area contributed by atoms with E-state index in [1.54, 1.807) is 18.6 Å². The third-order valence-corrected chi connectivity index (χ3v) is 3.96. The van der Waals surface area contributed by atoms with Crippen molar-refractivity contribution in [3.8, 4) is 22.8 Å². The van der Waals surface area contributed by atoms with Gasteiger partial charge >= 0.3 is 5.69 Å². The van der Waals surface area contributed by atoms with Crippen LogP contribution < -0.4 is 20.7 Å². The van der Waals surface area contributed by atoms with Crippen LogP contribution in [0.25, 0.3) is 11.3 Å². The van der Waals surface area contributed by atoms with E-state index in [-0.39, 0.29) is 17.0 Å². The lowest BCUT2D eigenvalue weighted by atomic mass is 10.0. The summed E-state index contributed by atoms with van der Waals surface area (Å²) in [7, 11) is 1.60. The SMILES string of the molecule is CCn1c2c(c(=O)n(CC)c1=O)OCc1cc(OC)ccc1-2. The summed E-state index contributed by atoms with van der Waals surface area (Å²) >= 11 is 0. The first-order valence-corrected chi connectivity index (χ1v) is 7.30. The number of methoxy groups -OCH3 is 1. The molecule has 3 rings (SSSR count). The zero-order valence-corrected chi connectivity index (χ0v) is 12.9. The lowest BCUT2D eigenvalue weighted by molar-refractivity contribution is 0.288. The highest BCUT2D eigenvalue weighted by atomic mass is 16.5. The largest absolute Gasteiger partial charge is 0.497 e. The van der Waals surface area contributed by atoms with Crippen LogP contribution in [0.2, 0.25) is 0 Å². The van der Waals surface area contributed by atoms with E-state index in [0.717, 1.165) is 16.9 Å². The molecule has 2 heterocycles. The third-order valence-electron chi connectivity index (χ3n) is 3.96. The first-order valence-electron chi connectivity index (χ1n) is 7.30. The number of nitrogens with zero attached hydrogens (tertiary/aromatic N) is 2. The van der Waals surface area contributed by atoms with Crippen LogP contribution in [0.1, 0.15) is 19.4 Å². The van der Waals surface area contributed by atoms with Crippen molar-refractivity contribution in [1.82, 2.24) is 9.13 Å². The molecule has 0 atom stereocenters. The fourth-order valence-corrected chi connectivity index (χ4v) is 2.84. The number of hydrogen-bond acceptors (Lipinski definition) is 4. The molecule has 116 valence electrons. The minimum Gasteiger partial charge on any atom is -0.497 e. The Hall–Kier alpha value is -2.50. The van der Waals surface area contributed by atoms with Crippen molar-refractivity contribution < 1.29 is 9.47 Å². The van der Waals surface area contributed by atoms with Gasteiger partial charge in [0, 0.05) is 24.2 Å². The van der Waals surface area contributed by atoms with Gasteiger partial charge < -0.3 is 9.47 Å². The van der Waals surface area contributed by atoms with Gasteiger partial charge in [0.05, 0.1) is 7.11 Å². The summed E-state index contributed by atoms with van der Waals surface area (Å²) < 4.78 is 13.7. The van der Waals surface area contributed by atoms with Crippen molar-refractivity contribution in [2.45, 2.75) is 33.5 Å². The Morgan fingerprint density at radius 3 is 2.55 bits per heavy atom. The molecule has 0 saturated heterocycles. The van der Waals surface area contributed by atoms with Crippen LogP contribution in [0.5, 0.6) is 11.5 Å². The molecule has 2 aromatic rings. The van der Waals surface area contributed by atoms with Crippen molar-refractivity contribution in [3.63, 3.8) is 0 Å². The van der Waals surface area contributed by atoms with E-state index in [1.807, 2.05) is 25.1 Å². The summed E-state index contributed by atoms with van der Waals surface area (Å²) in [4.78, 5) is 25.0. The lowest BCUT2D eigenvalue weighted by Crippen LogP contribution is -2.41. The second-order valence-corrected chi connectivity index (χ2v) is 5.07. The van der Waals surface area contributed by atoms with Gasteiger partial charge in [-0.3, -0.25) is 13.9 Å². The smallest absolute Gasteiger partial charge is 0.331 e. The topological polar surface area (TPSA) is 62.5 Å². The van der Waals surface area contributed by atoms with Crippen LogP contribution in [-0.2, 0) is 19.7 Å². The van der Waals surface area contributed by atoms with Gasteiger partial charge in [-0.25, -0.2) is 4.79 Å². The van der Waals surface area contributed by atoms with Gasteiger partial charge in [-0.1, -0.05) is 0 Å². The Balaban J connectivity index is 2.38. The molecule has 0 N–H and O–H groups in total. The summed E-state index contributed by atoms with van der Waals surface area (Å²) in [6.45, 7) is 4.74. The third kappa shape index (κ3) is 1.94. The summed E-state index contributed by atoms with van der Waals surface area (Å²) in [5.74, 6) is 0.971. The zero-order chi connectivity index (χ0) is 15.9. The van der Waals surface area contributed by atoms with Crippen molar-refractivity contribution in [1.29, 1.82) is 0 Å². The highest BCUT2D eigenvalue weighted by Crippen LogP contribution is 2.36. The fraction of sp³-hybridized carbons (Fsp3) is 0.375. The summed E-state index contributed by atoms with van der Waals surface area (Å²) in [5.41, 5.74) is 1.64. The number of fused-ring (bicyclic) bond motifs is 3. The van der Waals surface area contributed by atoms with Crippen molar-refractivity contribution >= 4 is 0 Å². The first-order chi connectivity index (χ1) is 10.6. The van der Waals surface area contributed by atoms with Gasteiger partial charge in [-0.15, -0.1) is 0 Å². The predicted octanol–water partition coefficient (Wildman–Crippen LogP) is 1.62. The molecule has 0 bridgehead atoms. The van der Waals surface area contributed by atoms with Crippen molar-refractivity contribution in [3.05, 3.63) is 44.6 Å². The molecule has 6 heteroatoms. The normalized spacial score (nSPS) is 12.3. The Bertz CT molecular complexity index is 817. The minimum absolute atomic E-state index is 0.251. The van der Waals surface area contributed by atoms with Crippen LogP contribution in [-0.4, -0.2) is 16.2 Å². The van der Waals surface area contributed by atoms with Crippen LogP contribution in [0, 0.1) is 0 Å². The number of ether oxygens (including phenoxy) is 2.